The van der Waals surface area contributed by atoms with E-state index < -0.39 is 5.91 Å². The topological polar surface area (TPSA) is 68.0 Å². The van der Waals surface area contributed by atoms with E-state index in [1.165, 1.54) is 11.8 Å². The molecular weight excluding hydrogens is 274 g/mol. The number of halogens is 1. The van der Waals surface area contributed by atoms with E-state index in [4.69, 9.17) is 17.3 Å². The van der Waals surface area contributed by atoms with Gasteiger partial charge in [-0.2, -0.15) is 0 Å². The molecule has 1 heterocycles. The highest BCUT2D eigenvalue weighted by Gasteiger charge is 2.06. The molecule has 0 bridgehead atoms. The van der Waals surface area contributed by atoms with Crippen molar-refractivity contribution < 1.29 is 4.79 Å². The number of anilines is 1. The highest BCUT2D eigenvalue weighted by Crippen LogP contribution is 2.14. The van der Waals surface area contributed by atoms with E-state index in [1.807, 2.05) is 24.3 Å². The first-order valence-electron chi connectivity index (χ1n) is 6.39. The van der Waals surface area contributed by atoms with Gasteiger partial charge in [-0.25, -0.2) is 0 Å². The van der Waals surface area contributed by atoms with E-state index >= 15 is 0 Å². The summed E-state index contributed by atoms with van der Waals surface area (Å²) in [5.74, 6) is -0.476. The van der Waals surface area contributed by atoms with Crippen molar-refractivity contribution >= 4 is 23.2 Å². The summed E-state index contributed by atoms with van der Waals surface area (Å²) < 4.78 is 0. The lowest BCUT2D eigenvalue weighted by Crippen LogP contribution is -2.15. The molecule has 2 rings (SSSR count). The normalized spacial score (nSPS) is 10.2. The number of hydrogen-bond donors (Lipinski definition) is 2. The molecule has 2 aromatic rings. The predicted octanol–water partition coefficient (Wildman–Crippen LogP) is 2.88. The van der Waals surface area contributed by atoms with E-state index in [-0.39, 0.29) is 0 Å². The largest absolute Gasteiger partial charge is 0.384 e. The predicted molar refractivity (Wildman–Crippen MR) is 81.0 cm³/mol. The third-order valence-corrected chi connectivity index (χ3v) is 3.17. The number of nitrogens with two attached hydrogens (primary N) is 1. The SMILES string of the molecule is NC(=O)c1cnccc1NCCCc1cccc(Cl)c1. The number of nitrogens with one attached hydrogen (secondary N) is 1. The van der Waals surface area contributed by atoms with Crippen LogP contribution in [0.15, 0.2) is 42.7 Å². The molecular formula is C15H16ClN3O. The van der Waals surface area contributed by atoms with Crippen molar-refractivity contribution in [2.24, 2.45) is 5.73 Å². The van der Waals surface area contributed by atoms with Crippen LogP contribution < -0.4 is 11.1 Å². The maximum absolute atomic E-state index is 11.2. The lowest BCUT2D eigenvalue weighted by molar-refractivity contribution is 0.100. The van der Waals surface area contributed by atoms with Gasteiger partial charge in [-0.05, 0) is 36.6 Å². The second-order valence-electron chi connectivity index (χ2n) is 4.45. The first kappa shape index (κ1) is 14.3. The fourth-order valence-corrected chi connectivity index (χ4v) is 2.17. The summed E-state index contributed by atoms with van der Waals surface area (Å²) in [5, 5.41) is 3.96. The number of rotatable bonds is 6. The lowest BCUT2D eigenvalue weighted by Gasteiger charge is -2.09. The Morgan fingerprint density at radius 3 is 2.95 bits per heavy atom. The Morgan fingerprint density at radius 2 is 2.20 bits per heavy atom. The van der Waals surface area contributed by atoms with Crippen molar-refractivity contribution in [3.63, 3.8) is 0 Å². The standard InChI is InChI=1S/C15H16ClN3O/c16-12-5-1-3-11(9-12)4-2-7-19-14-6-8-18-10-13(14)15(17)20/h1,3,5-6,8-10H,2,4,7H2,(H2,17,20)(H,18,19). The molecule has 3 N–H and O–H groups in total. The number of carbonyl (C=O) groups excluding carboxylic acids is 1. The van der Waals surface area contributed by atoms with Gasteiger partial charge in [0, 0.05) is 24.0 Å². The molecule has 0 unspecified atom stereocenters. The van der Waals surface area contributed by atoms with E-state index in [0.717, 1.165) is 30.1 Å². The zero-order valence-corrected chi connectivity index (χ0v) is 11.7. The third-order valence-electron chi connectivity index (χ3n) is 2.93. The molecule has 0 aliphatic rings. The monoisotopic (exact) mass is 289 g/mol. The molecule has 4 nitrogen and oxygen atoms in total. The first-order valence-corrected chi connectivity index (χ1v) is 6.77. The molecule has 5 heteroatoms. The van der Waals surface area contributed by atoms with Crippen LogP contribution in [0.3, 0.4) is 0 Å². The molecule has 0 fully saturated rings. The Balaban J connectivity index is 1.86. The Morgan fingerprint density at radius 1 is 1.35 bits per heavy atom. The second kappa shape index (κ2) is 6.91. The summed E-state index contributed by atoms with van der Waals surface area (Å²) in [6, 6.07) is 9.56. The van der Waals surface area contributed by atoms with Crippen LogP contribution in [0.25, 0.3) is 0 Å². The van der Waals surface area contributed by atoms with E-state index in [1.54, 1.807) is 12.3 Å². The molecule has 1 amide bonds. The summed E-state index contributed by atoms with van der Waals surface area (Å²) in [5.41, 5.74) is 7.62. The first-order chi connectivity index (χ1) is 9.66. The third kappa shape index (κ3) is 3.96. The van der Waals surface area contributed by atoms with Crippen molar-refractivity contribution in [3.05, 3.63) is 58.9 Å². The highest BCUT2D eigenvalue weighted by molar-refractivity contribution is 6.30. The molecule has 0 radical (unpaired) electrons. The van der Waals surface area contributed by atoms with Crippen molar-refractivity contribution in [1.29, 1.82) is 0 Å². The Kier molecular flexibility index (Phi) is 4.96. The summed E-state index contributed by atoms with van der Waals surface area (Å²) in [4.78, 5) is 15.1. The van der Waals surface area contributed by atoms with Gasteiger partial charge in [-0.3, -0.25) is 9.78 Å². The number of amides is 1. The molecule has 0 saturated heterocycles. The maximum atomic E-state index is 11.2. The molecule has 0 spiro atoms. The number of pyridine rings is 1. The Labute approximate surface area is 123 Å². The fraction of sp³-hybridized carbons (Fsp3) is 0.200. The summed E-state index contributed by atoms with van der Waals surface area (Å²) >= 11 is 5.94. The molecule has 1 aromatic carbocycles. The van der Waals surface area contributed by atoms with Gasteiger partial charge >= 0.3 is 0 Å². The Bertz CT molecular complexity index is 601. The average Bonchev–Trinajstić information content (AvgIpc) is 2.44. The number of hydrogen-bond acceptors (Lipinski definition) is 3. The minimum Gasteiger partial charge on any atom is -0.384 e. The van der Waals surface area contributed by atoms with Crippen LogP contribution >= 0.6 is 11.6 Å². The van der Waals surface area contributed by atoms with Gasteiger partial charge in [0.05, 0.1) is 11.3 Å². The van der Waals surface area contributed by atoms with Gasteiger partial charge in [0.1, 0.15) is 0 Å². The Hall–Kier alpha value is -2.07. The minimum absolute atomic E-state index is 0.412. The van der Waals surface area contributed by atoms with Gasteiger partial charge in [-0.15, -0.1) is 0 Å². The van der Waals surface area contributed by atoms with Crippen LogP contribution in [0, 0.1) is 0 Å². The number of benzene rings is 1. The second-order valence-corrected chi connectivity index (χ2v) is 4.88. The average molecular weight is 290 g/mol. The van der Waals surface area contributed by atoms with Crippen molar-refractivity contribution in [1.82, 2.24) is 4.98 Å². The maximum Gasteiger partial charge on any atom is 0.252 e. The van der Waals surface area contributed by atoms with Gasteiger partial charge < -0.3 is 11.1 Å². The zero-order chi connectivity index (χ0) is 14.4. The highest BCUT2D eigenvalue weighted by atomic mass is 35.5. The number of primary amides is 1. The summed E-state index contributed by atoms with van der Waals surface area (Å²) in [6.45, 7) is 0.747. The van der Waals surface area contributed by atoms with Crippen LogP contribution in [-0.2, 0) is 6.42 Å². The molecule has 0 aliphatic carbocycles. The van der Waals surface area contributed by atoms with Gasteiger partial charge in [0.2, 0.25) is 0 Å². The van der Waals surface area contributed by atoms with E-state index in [2.05, 4.69) is 10.3 Å². The molecule has 104 valence electrons. The van der Waals surface area contributed by atoms with Gasteiger partial charge in [0.15, 0.2) is 0 Å². The number of carbonyl (C=O) groups is 1. The summed E-state index contributed by atoms with van der Waals surface area (Å²) in [7, 11) is 0. The molecule has 0 aliphatic heterocycles. The minimum atomic E-state index is -0.476. The van der Waals surface area contributed by atoms with Gasteiger partial charge in [0.25, 0.3) is 5.91 Å². The summed E-state index contributed by atoms with van der Waals surface area (Å²) in [6.07, 6.45) is 4.96. The molecule has 1 aromatic heterocycles. The van der Waals surface area contributed by atoms with Crippen LogP contribution in [0.1, 0.15) is 22.3 Å². The van der Waals surface area contributed by atoms with Gasteiger partial charge in [-0.1, -0.05) is 23.7 Å². The van der Waals surface area contributed by atoms with Crippen LogP contribution in [-0.4, -0.2) is 17.4 Å². The van der Waals surface area contributed by atoms with E-state index in [9.17, 15) is 4.79 Å². The van der Waals surface area contributed by atoms with E-state index in [0.29, 0.717) is 5.56 Å². The van der Waals surface area contributed by atoms with Crippen molar-refractivity contribution in [3.8, 4) is 0 Å². The number of aromatic nitrogens is 1. The smallest absolute Gasteiger partial charge is 0.252 e. The molecule has 0 saturated carbocycles. The van der Waals surface area contributed by atoms with Crippen molar-refractivity contribution in [2.45, 2.75) is 12.8 Å². The molecule has 20 heavy (non-hydrogen) atoms. The lowest BCUT2D eigenvalue weighted by atomic mass is 10.1. The fourth-order valence-electron chi connectivity index (χ4n) is 1.95. The number of nitrogens with zero attached hydrogens (tertiary/aromatic N) is 1. The van der Waals surface area contributed by atoms with Crippen LogP contribution in [0.4, 0.5) is 5.69 Å². The zero-order valence-electron chi connectivity index (χ0n) is 11.0. The number of aryl methyl sites for hydroxylation is 1. The molecule has 0 atom stereocenters. The van der Waals surface area contributed by atoms with Crippen molar-refractivity contribution in [2.75, 3.05) is 11.9 Å². The van der Waals surface area contributed by atoms with Crippen LogP contribution in [0.5, 0.6) is 0 Å². The quantitative estimate of drug-likeness (QED) is 0.804. The van der Waals surface area contributed by atoms with Crippen LogP contribution in [0.2, 0.25) is 5.02 Å².